The summed E-state index contributed by atoms with van der Waals surface area (Å²) < 4.78 is 0. The highest BCUT2D eigenvalue weighted by Gasteiger charge is 2.23. The molecule has 7 nitrogen and oxygen atoms in total. The highest BCUT2D eigenvalue weighted by atomic mass is 35.5. The number of rotatable bonds is 4. The van der Waals surface area contributed by atoms with Crippen LogP contribution in [0.5, 0.6) is 0 Å². The fourth-order valence-corrected chi connectivity index (χ4v) is 5.03. The SMILES string of the molecule is CSC1Cc2cnc(Nc3cc(N4CCN(C)CC4)cnc3C)nc2-c2ccc(Cl)cc2N1. The summed E-state index contributed by atoms with van der Waals surface area (Å²) in [4.78, 5) is 19.0. The Hall–Kier alpha value is -2.55. The Labute approximate surface area is 204 Å². The smallest absolute Gasteiger partial charge is 0.227 e. The van der Waals surface area contributed by atoms with Crippen molar-refractivity contribution in [3.05, 3.63) is 52.9 Å². The summed E-state index contributed by atoms with van der Waals surface area (Å²) in [6.45, 7) is 6.11. The van der Waals surface area contributed by atoms with Gasteiger partial charge in [0.2, 0.25) is 5.95 Å². The van der Waals surface area contributed by atoms with E-state index in [2.05, 4.69) is 49.8 Å². The maximum absolute atomic E-state index is 6.29. The number of benzene rings is 1. The van der Waals surface area contributed by atoms with E-state index in [9.17, 15) is 0 Å². The van der Waals surface area contributed by atoms with Gasteiger partial charge >= 0.3 is 0 Å². The van der Waals surface area contributed by atoms with Gasteiger partial charge in [0, 0.05) is 55.1 Å². The van der Waals surface area contributed by atoms with Gasteiger partial charge in [-0.15, -0.1) is 11.8 Å². The van der Waals surface area contributed by atoms with Gasteiger partial charge in [0.15, 0.2) is 0 Å². The molecule has 0 amide bonds. The van der Waals surface area contributed by atoms with Crippen LogP contribution in [0.1, 0.15) is 11.3 Å². The van der Waals surface area contributed by atoms with Crippen molar-refractivity contribution in [3.63, 3.8) is 0 Å². The van der Waals surface area contributed by atoms with E-state index >= 15 is 0 Å². The average Bonchev–Trinajstić information content (AvgIpc) is 2.97. The highest BCUT2D eigenvalue weighted by molar-refractivity contribution is 7.99. The number of anilines is 4. The van der Waals surface area contributed by atoms with Crippen LogP contribution in [0.4, 0.5) is 23.0 Å². The average molecular weight is 482 g/mol. The van der Waals surface area contributed by atoms with Gasteiger partial charge in [0.1, 0.15) is 0 Å². The molecule has 1 fully saturated rings. The van der Waals surface area contributed by atoms with Crippen LogP contribution in [-0.4, -0.2) is 64.7 Å². The predicted molar refractivity (Wildman–Crippen MR) is 139 cm³/mol. The Kier molecular flexibility index (Phi) is 6.32. The molecule has 3 aromatic rings. The molecule has 0 aliphatic carbocycles. The lowest BCUT2D eigenvalue weighted by Crippen LogP contribution is -2.44. The minimum atomic E-state index is 0.234. The Morgan fingerprint density at radius 3 is 2.73 bits per heavy atom. The first kappa shape index (κ1) is 22.3. The van der Waals surface area contributed by atoms with Gasteiger partial charge in [-0.05, 0) is 50.1 Å². The maximum atomic E-state index is 6.29. The third kappa shape index (κ3) is 4.74. The first-order valence-electron chi connectivity index (χ1n) is 11.1. The van der Waals surface area contributed by atoms with E-state index in [-0.39, 0.29) is 5.37 Å². The molecule has 1 aromatic carbocycles. The number of hydrogen-bond acceptors (Lipinski definition) is 8. The van der Waals surface area contributed by atoms with Gasteiger partial charge in [-0.2, -0.15) is 0 Å². The maximum Gasteiger partial charge on any atom is 0.227 e. The number of nitrogens with zero attached hydrogens (tertiary/aromatic N) is 5. The zero-order chi connectivity index (χ0) is 22.9. The molecule has 2 aliphatic rings. The lowest BCUT2D eigenvalue weighted by molar-refractivity contribution is 0.313. The lowest BCUT2D eigenvalue weighted by atomic mass is 10.1. The normalized spacial score (nSPS) is 18.2. The molecule has 172 valence electrons. The van der Waals surface area contributed by atoms with Crippen LogP contribution < -0.4 is 15.5 Å². The van der Waals surface area contributed by atoms with Crippen LogP contribution in [0, 0.1) is 6.92 Å². The Morgan fingerprint density at radius 1 is 1.12 bits per heavy atom. The third-order valence-corrected chi connectivity index (χ3v) is 7.38. The Bertz CT molecular complexity index is 1160. The number of likely N-dealkylation sites (N-methyl/N-ethyl adjacent to an activating group) is 1. The van der Waals surface area contributed by atoms with Gasteiger partial charge in [-0.1, -0.05) is 11.6 Å². The molecule has 4 heterocycles. The van der Waals surface area contributed by atoms with Crippen molar-refractivity contribution >= 4 is 46.4 Å². The van der Waals surface area contributed by atoms with E-state index in [1.54, 1.807) is 11.8 Å². The van der Waals surface area contributed by atoms with E-state index in [1.165, 1.54) is 0 Å². The van der Waals surface area contributed by atoms with Crippen LogP contribution in [0.2, 0.25) is 5.02 Å². The second-order valence-electron chi connectivity index (χ2n) is 8.57. The minimum Gasteiger partial charge on any atom is -0.372 e. The molecule has 2 aliphatic heterocycles. The van der Waals surface area contributed by atoms with Crippen LogP contribution in [0.25, 0.3) is 11.3 Å². The number of nitrogens with one attached hydrogen (secondary N) is 2. The molecule has 2 N–H and O–H groups in total. The fourth-order valence-electron chi connectivity index (χ4n) is 4.27. The first-order valence-corrected chi connectivity index (χ1v) is 12.8. The summed E-state index contributed by atoms with van der Waals surface area (Å²) >= 11 is 8.06. The molecule has 9 heteroatoms. The quantitative estimate of drug-likeness (QED) is 0.558. The largest absolute Gasteiger partial charge is 0.372 e. The fraction of sp³-hybridized carbons (Fsp3) is 0.375. The number of hydrogen-bond donors (Lipinski definition) is 2. The summed E-state index contributed by atoms with van der Waals surface area (Å²) in [6.07, 6.45) is 6.83. The standard InChI is InChI=1S/C24H28ClN7S/c1-15-20(12-18(14-26-15)32-8-6-31(2)7-9-32)29-24-27-13-16-10-22(33-3)28-21-11-17(25)4-5-19(21)23(16)30-24/h4-5,11-14,22,28H,6-10H2,1-3H3,(H,27,29,30). The number of halogens is 1. The molecule has 1 unspecified atom stereocenters. The predicted octanol–water partition coefficient (Wildman–Crippen LogP) is 4.65. The molecule has 1 saturated heterocycles. The van der Waals surface area contributed by atoms with Crippen LogP contribution in [0.15, 0.2) is 36.7 Å². The Morgan fingerprint density at radius 2 is 1.94 bits per heavy atom. The van der Waals surface area contributed by atoms with Gasteiger partial charge in [0.25, 0.3) is 0 Å². The molecular formula is C24H28ClN7S. The van der Waals surface area contributed by atoms with E-state index in [4.69, 9.17) is 16.6 Å². The molecule has 0 spiro atoms. The summed E-state index contributed by atoms with van der Waals surface area (Å²) in [6, 6.07) is 8.07. The third-order valence-electron chi connectivity index (χ3n) is 6.29. The summed E-state index contributed by atoms with van der Waals surface area (Å²) in [5.41, 5.74) is 7.06. The van der Waals surface area contributed by atoms with E-state index in [1.807, 2.05) is 37.5 Å². The van der Waals surface area contributed by atoms with Crippen molar-refractivity contribution in [2.45, 2.75) is 18.7 Å². The molecule has 5 rings (SSSR count). The van der Waals surface area contributed by atoms with Gasteiger partial charge < -0.3 is 20.4 Å². The van der Waals surface area contributed by atoms with Crippen LogP contribution in [-0.2, 0) is 6.42 Å². The molecule has 2 aromatic heterocycles. The Balaban J connectivity index is 1.47. The summed E-state index contributed by atoms with van der Waals surface area (Å²) in [5, 5.41) is 7.96. The van der Waals surface area contributed by atoms with Gasteiger partial charge in [0.05, 0.1) is 34.3 Å². The number of fused-ring (bicyclic) bond motifs is 3. The molecule has 0 bridgehead atoms. The zero-order valence-electron chi connectivity index (χ0n) is 19.1. The van der Waals surface area contributed by atoms with Crippen LogP contribution in [0.3, 0.4) is 0 Å². The molecular weight excluding hydrogens is 454 g/mol. The van der Waals surface area contributed by atoms with Crippen molar-refractivity contribution < 1.29 is 0 Å². The zero-order valence-corrected chi connectivity index (χ0v) is 20.7. The summed E-state index contributed by atoms with van der Waals surface area (Å²) in [7, 11) is 2.16. The van der Waals surface area contributed by atoms with E-state index in [0.717, 1.165) is 72.2 Å². The van der Waals surface area contributed by atoms with Crippen molar-refractivity contribution in [1.29, 1.82) is 0 Å². The summed E-state index contributed by atoms with van der Waals surface area (Å²) in [5.74, 6) is 0.567. The number of aromatic nitrogens is 3. The second-order valence-corrected chi connectivity index (χ2v) is 10.0. The van der Waals surface area contributed by atoms with Crippen molar-refractivity contribution in [3.8, 4) is 11.3 Å². The topological polar surface area (TPSA) is 69.2 Å². The molecule has 33 heavy (non-hydrogen) atoms. The van der Waals surface area contributed by atoms with Crippen molar-refractivity contribution in [2.24, 2.45) is 0 Å². The van der Waals surface area contributed by atoms with E-state index in [0.29, 0.717) is 11.0 Å². The second kappa shape index (κ2) is 9.37. The monoisotopic (exact) mass is 481 g/mol. The number of aryl methyl sites for hydroxylation is 1. The minimum absolute atomic E-state index is 0.234. The molecule has 0 radical (unpaired) electrons. The van der Waals surface area contributed by atoms with Crippen LogP contribution >= 0.6 is 23.4 Å². The van der Waals surface area contributed by atoms with Gasteiger partial charge in [-0.25, -0.2) is 9.97 Å². The van der Waals surface area contributed by atoms with Crippen molar-refractivity contribution in [2.75, 3.05) is 55.0 Å². The number of piperazine rings is 1. The van der Waals surface area contributed by atoms with Crippen molar-refractivity contribution in [1.82, 2.24) is 19.9 Å². The van der Waals surface area contributed by atoms with E-state index < -0.39 is 0 Å². The lowest BCUT2D eigenvalue weighted by Gasteiger charge is -2.34. The number of thioether (sulfide) groups is 1. The molecule has 1 atom stereocenters. The first-order chi connectivity index (χ1) is 16.0. The van der Waals surface area contributed by atoms with Gasteiger partial charge in [-0.3, -0.25) is 4.98 Å². The molecule has 0 saturated carbocycles. The number of pyridine rings is 1. The highest BCUT2D eigenvalue weighted by Crippen LogP contribution is 2.37.